The fourth-order valence-corrected chi connectivity index (χ4v) is 1.60. The normalized spacial score (nSPS) is 10.0. The molecule has 6 nitrogen and oxygen atoms in total. The first-order valence-electron chi connectivity index (χ1n) is 6.34. The van der Waals surface area contributed by atoms with Crippen LogP contribution < -0.4 is 10.6 Å². The summed E-state index contributed by atoms with van der Waals surface area (Å²) in [7, 11) is 5.29. The number of carbonyl (C=O) groups is 2. The number of nitrogen functional groups attached to an aromatic ring is 1. The number of rotatable bonds is 5. The molecule has 0 unspecified atom stereocenters. The molecule has 0 saturated carbocycles. The Morgan fingerprint density at radius 3 is 2.45 bits per heavy atom. The van der Waals surface area contributed by atoms with Gasteiger partial charge in [-0.15, -0.1) is 0 Å². The second kappa shape index (κ2) is 6.79. The quantitative estimate of drug-likeness (QED) is 0.642. The van der Waals surface area contributed by atoms with Gasteiger partial charge in [-0.2, -0.15) is 0 Å². The molecule has 1 aromatic rings. The summed E-state index contributed by atoms with van der Waals surface area (Å²) in [5.41, 5.74) is 7.21. The predicted molar refractivity (Wildman–Crippen MR) is 78.8 cm³/mol. The number of hydrogen-bond donors (Lipinski definition) is 1. The molecule has 110 valence electrons. The highest BCUT2D eigenvalue weighted by atomic mass is 16.5. The van der Waals surface area contributed by atoms with E-state index in [1.807, 2.05) is 21.0 Å². The number of carbonyl (C=O) groups excluding carboxylic acids is 2. The lowest BCUT2D eigenvalue weighted by Crippen LogP contribution is -2.31. The van der Waals surface area contributed by atoms with Gasteiger partial charge < -0.3 is 20.3 Å². The predicted octanol–water partition coefficient (Wildman–Crippen LogP) is 0.970. The summed E-state index contributed by atoms with van der Waals surface area (Å²) in [6, 6.07) is 5.00. The molecule has 0 fully saturated rings. The van der Waals surface area contributed by atoms with E-state index >= 15 is 0 Å². The second-order valence-corrected chi connectivity index (χ2v) is 4.66. The van der Waals surface area contributed by atoms with Crippen molar-refractivity contribution in [2.45, 2.75) is 6.92 Å². The van der Waals surface area contributed by atoms with Crippen LogP contribution in [0.3, 0.4) is 0 Å². The van der Waals surface area contributed by atoms with Gasteiger partial charge in [-0.3, -0.25) is 4.79 Å². The zero-order chi connectivity index (χ0) is 15.3. The molecule has 0 saturated heterocycles. The molecular formula is C14H21N3O3. The van der Waals surface area contributed by atoms with Crippen LogP contribution in [0.1, 0.15) is 17.3 Å². The fraction of sp³-hybridized carbons (Fsp3) is 0.429. The minimum absolute atomic E-state index is 0.240. The molecule has 0 atom stereocenters. The molecule has 20 heavy (non-hydrogen) atoms. The summed E-state index contributed by atoms with van der Waals surface area (Å²) < 4.78 is 5.05. The molecule has 0 aromatic heterocycles. The number of nitrogens with zero attached hydrogens (tertiary/aromatic N) is 2. The lowest BCUT2D eigenvalue weighted by Gasteiger charge is -2.18. The number of hydrogen-bond acceptors (Lipinski definition) is 5. The maximum Gasteiger partial charge on any atom is 0.340 e. The Kier molecular flexibility index (Phi) is 5.37. The van der Waals surface area contributed by atoms with Crippen LogP contribution in [0.25, 0.3) is 0 Å². The van der Waals surface area contributed by atoms with Crippen molar-refractivity contribution < 1.29 is 14.3 Å². The number of likely N-dealkylation sites (N-methyl/N-ethyl adjacent to an activating group) is 1. The van der Waals surface area contributed by atoms with Gasteiger partial charge in [-0.25, -0.2) is 4.79 Å². The van der Waals surface area contributed by atoms with Crippen molar-refractivity contribution in [1.82, 2.24) is 4.90 Å². The lowest BCUT2D eigenvalue weighted by atomic mass is 10.1. The average molecular weight is 279 g/mol. The first kappa shape index (κ1) is 15.8. The molecule has 0 bridgehead atoms. The largest absolute Gasteiger partial charge is 0.452 e. The number of benzene rings is 1. The third-order valence-corrected chi connectivity index (χ3v) is 2.95. The Balaban J connectivity index is 2.82. The number of anilines is 2. The third kappa shape index (κ3) is 3.88. The van der Waals surface area contributed by atoms with Crippen LogP contribution in [0, 0.1) is 0 Å². The standard InChI is InChI=1S/C14H21N3O3/c1-5-17(4)13(18)9-20-14(19)11-8-10(15)6-7-12(11)16(2)3/h6-8H,5,9,15H2,1-4H3. The van der Waals surface area contributed by atoms with Crippen molar-refractivity contribution in [2.24, 2.45) is 0 Å². The van der Waals surface area contributed by atoms with Crippen LogP contribution in [-0.4, -0.2) is 51.1 Å². The van der Waals surface area contributed by atoms with Gasteiger partial charge in [0.15, 0.2) is 6.61 Å². The smallest absolute Gasteiger partial charge is 0.340 e. The van der Waals surface area contributed by atoms with Gasteiger partial charge in [0, 0.05) is 33.4 Å². The first-order chi connectivity index (χ1) is 9.36. The van der Waals surface area contributed by atoms with E-state index in [1.165, 1.54) is 4.90 Å². The molecule has 0 aliphatic heterocycles. The highest BCUT2D eigenvalue weighted by Gasteiger charge is 2.17. The van der Waals surface area contributed by atoms with Crippen LogP contribution in [-0.2, 0) is 9.53 Å². The number of ether oxygens (including phenoxy) is 1. The zero-order valence-corrected chi connectivity index (χ0v) is 12.3. The van der Waals surface area contributed by atoms with E-state index in [9.17, 15) is 9.59 Å². The zero-order valence-electron chi connectivity index (χ0n) is 12.3. The van der Waals surface area contributed by atoms with Gasteiger partial charge in [-0.05, 0) is 25.1 Å². The van der Waals surface area contributed by atoms with Crippen LogP contribution in [0.2, 0.25) is 0 Å². The molecule has 6 heteroatoms. The molecule has 2 N–H and O–H groups in total. The number of esters is 1. The summed E-state index contributed by atoms with van der Waals surface area (Å²) >= 11 is 0. The van der Waals surface area contributed by atoms with E-state index in [2.05, 4.69) is 0 Å². The first-order valence-corrected chi connectivity index (χ1v) is 6.34. The summed E-state index contributed by atoms with van der Waals surface area (Å²) in [5, 5.41) is 0. The van der Waals surface area contributed by atoms with Crippen molar-refractivity contribution >= 4 is 23.3 Å². The Morgan fingerprint density at radius 2 is 1.90 bits per heavy atom. The molecule has 1 aromatic carbocycles. The van der Waals surface area contributed by atoms with E-state index < -0.39 is 5.97 Å². The maximum atomic E-state index is 12.1. The van der Waals surface area contributed by atoms with Crippen LogP contribution in [0.4, 0.5) is 11.4 Å². The van der Waals surface area contributed by atoms with Gasteiger partial charge in [-0.1, -0.05) is 0 Å². The Bertz CT molecular complexity index is 500. The van der Waals surface area contributed by atoms with Crippen LogP contribution >= 0.6 is 0 Å². The van der Waals surface area contributed by atoms with E-state index in [1.54, 1.807) is 30.1 Å². The molecule has 0 heterocycles. The molecule has 0 radical (unpaired) electrons. The Labute approximate surface area is 119 Å². The molecule has 0 aliphatic carbocycles. The van der Waals surface area contributed by atoms with Crippen molar-refractivity contribution in [3.8, 4) is 0 Å². The van der Waals surface area contributed by atoms with Gasteiger partial charge in [0.1, 0.15) is 0 Å². The third-order valence-electron chi connectivity index (χ3n) is 2.95. The number of nitrogens with two attached hydrogens (primary N) is 1. The highest BCUT2D eigenvalue weighted by Crippen LogP contribution is 2.22. The van der Waals surface area contributed by atoms with Gasteiger partial charge in [0.2, 0.25) is 0 Å². The van der Waals surface area contributed by atoms with Crippen molar-refractivity contribution in [3.63, 3.8) is 0 Å². The van der Waals surface area contributed by atoms with E-state index in [0.29, 0.717) is 23.5 Å². The molecule has 1 rings (SSSR count). The van der Waals surface area contributed by atoms with Crippen LogP contribution in [0.5, 0.6) is 0 Å². The molecule has 0 spiro atoms. The molecular weight excluding hydrogens is 258 g/mol. The van der Waals surface area contributed by atoms with E-state index in [4.69, 9.17) is 10.5 Å². The molecule has 0 aliphatic rings. The van der Waals surface area contributed by atoms with E-state index in [-0.39, 0.29) is 12.5 Å². The van der Waals surface area contributed by atoms with Crippen molar-refractivity contribution in [3.05, 3.63) is 23.8 Å². The summed E-state index contributed by atoms with van der Waals surface area (Å²) in [4.78, 5) is 26.9. The second-order valence-electron chi connectivity index (χ2n) is 4.66. The fourth-order valence-electron chi connectivity index (χ4n) is 1.60. The van der Waals surface area contributed by atoms with E-state index in [0.717, 1.165) is 0 Å². The Hall–Kier alpha value is -2.24. The van der Waals surface area contributed by atoms with Gasteiger partial charge >= 0.3 is 5.97 Å². The van der Waals surface area contributed by atoms with Crippen LogP contribution in [0.15, 0.2) is 18.2 Å². The monoisotopic (exact) mass is 279 g/mol. The lowest BCUT2D eigenvalue weighted by molar-refractivity contribution is -0.133. The molecule has 1 amide bonds. The summed E-state index contributed by atoms with van der Waals surface area (Å²) in [6.07, 6.45) is 0. The van der Waals surface area contributed by atoms with Gasteiger partial charge in [0.05, 0.1) is 11.3 Å². The SMILES string of the molecule is CCN(C)C(=O)COC(=O)c1cc(N)ccc1N(C)C. The minimum atomic E-state index is -0.557. The topological polar surface area (TPSA) is 75.9 Å². The van der Waals surface area contributed by atoms with Crippen molar-refractivity contribution in [2.75, 3.05) is 44.9 Å². The average Bonchev–Trinajstić information content (AvgIpc) is 2.42. The Morgan fingerprint density at radius 1 is 1.25 bits per heavy atom. The summed E-state index contributed by atoms with van der Waals surface area (Å²) in [5.74, 6) is -0.796. The minimum Gasteiger partial charge on any atom is -0.452 e. The number of amides is 1. The summed E-state index contributed by atoms with van der Waals surface area (Å²) in [6.45, 7) is 2.14. The van der Waals surface area contributed by atoms with Gasteiger partial charge in [0.25, 0.3) is 5.91 Å². The highest BCUT2D eigenvalue weighted by molar-refractivity contribution is 5.97. The van der Waals surface area contributed by atoms with Crippen molar-refractivity contribution in [1.29, 1.82) is 0 Å². The maximum absolute atomic E-state index is 12.1.